The molecule has 1 aliphatic rings. The first kappa shape index (κ1) is 9.56. The molecule has 0 aliphatic heterocycles. The highest BCUT2D eigenvalue weighted by Gasteiger charge is 1.99. The van der Waals surface area contributed by atoms with E-state index in [0.29, 0.717) is 6.42 Å². The third-order valence-corrected chi connectivity index (χ3v) is 2.19. The molecule has 2 rings (SSSR count). The molecule has 0 atom stereocenters. The quantitative estimate of drug-likeness (QED) is 0.578. The normalized spacial score (nSPS) is 14.0. The van der Waals surface area contributed by atoms with E-state index in [4.69, 9.17) is 0 Å². The summed E-state index contributed by atoms with van der Waals surface area (Å²) in [5.41, 5.74) is 1.76. The fourth-order valence-electron chi connectivity index (χ4n) is 1.40. The molecule has 0 N–H and O–H groups in total. The molecule has 0 unspecified atom stereocenters. The first-order valence-electron chi connectivity index (χ1n) is 4.99. The second kappa shape index (κ2) is 4.49. The van der Waals surface area contributed by atoms with Gasteiger partial charge in [-0.2, -0.15) is 0 Å². The molecule has 0 saturated heterocycles. The molecule has 1 aliphatic carbocycles. The van der Waals surface area contributed by atoms with E-state index in [1.54, 1.807) is 0 Å². The van der Waals surface area contributed by atoms with Crippen molar-refractivity contribution in [1.29, 1.82) is 0 Å². The minimum atomic E-state index is 0.00787. The van der Waals surface area contributed by atoms with Crippen molar-refractivity contribution < 1.29 is 4.79 Å². The molecule has 0 fully saturated rings. The monoisotopic (exact) mass is 194 g/mol. The van der Waals surface area contributed by atoms with Crippen LogP contribution in [0, 0.1) is 23.7 Å². The van der Waals surface area contributed by atoms with Gasteiger partial charge in [-0.15, -0.1) is 0 Å². The number of hydrogen-bond donors (Lipinski definition) is 0. The van der Waals surface area contributed by atoms with Gasteiger partial charge in [0.15, 0.2) is 0 Å². The average Bonchev–Trinajstić information content (AvgIpc) is 2.27. The van der Waals surface area contributed by atoms with Gasteiger partial charge >= 0.3 is 0 Å². The average molecular weight is 194 g/mol. The van der Waals surface area contributed by atoms with Crippen molar-refractivity contribution >= 4 is 5.78 Å². The van der Waals surface area contributed by atoms with E-state index in [1.807, 2.05) is 24.3 Å². The Labute approximate surface area is 89.5 Å². The van der Waals surface area contributed by atoms with Crippen molar-refractivity contribution in [3.63, 3.8) is 0 Å². The van der Waals surface area contributed by atoms with Crippen LogP contribution in [0.25, 0.3) is 0 Å². The summed E-state index contributed by atoms with van der Waals surface area (Å²) in [6.45, 7) is 0. The summed E-state index contributed by atoms with van der Waals surface area (Å²) in [7, 11) is 0. The second-order valence-corrected chi connectivity index (χ2v) is 3.37. The Morgan fingerprint density at radius 1 is 1.00 bits per heavy atom. The van der Waals surface area contributed by atoms with E-state index >= 15 is 0 Å². The first-order chi connectivity index (χ1) is 7.36. The lowest BCUT2D eigenvalue weighted by Gasteiger charge is -1.96. The fourth-order valence-corrected chi connectivity index (χ4v) is 1.40. The Morgan fingerprint density at radius 2 is 1.73 bits per heavy atom. The van der Waals surface area contributed by atoms with Gasteiger partial charge in [0.05, 0.1) is 0 Å². The molecule has 0 heterocycles. The van der Waals surface area contributed by atoms with Gasteiger partial charge in [0, 0.05) is 24.0 Å². The number of carbonyl (C=O) groups excluding carboxylic acids is 1. The van der Waals surface area contributed by atoms with E-state index < -0.39 is 0 Å². The maximum atomic E-state index is 11.3. The summed E-state index contributed by atoms with van der Waals surface area (Å²) < 4.78 is 0. The molecule has 1 aromatic carbocycles. The number of benzene rings is 1. The summed E-state index contributed by atoms with van der Waals surface area (Å²) in [4.78, 5) is 11.3. The third-order valence-electron chi connectivity index (χ3n) is 2.19. The SMILES string of the molecule is O=C1C#Cc2ccccc2C#CCCC1. The second-order valence-electron chi connectivity index (χ2n) is 3.37. The Balaban J connectivity index is 2.47. The smallest absolute Gasteiger partial charge is 0.205 e. The molecule has 0 aromatic heterocycles. The lowest BCUT2D eigenvalue weighted by atomic mass is 10.1. The van der Waals surface area contributed by atoms with Crippen LogP contribution in [0.4, 0.5) is 0 Å². The molecule has 0 saturated carbocycles. The Morgan fingerprint density at radius 3 is 2.53 bits per heavy atom. The summed E-state index contributed by atoms with van der Waals surface area (Å²) in [6, 6.07) is 7.67. The van der Waals surface area contributed by atoms with Gasteiger partial charge in [-0.1, -0.05) is 29.9 Å². The van der Waals surface area contributed by atoms with Gasteiger partial charge in [0.1, 0.15) is 0 Å². The maximum absolute atomic E-state index is 11.3. The molecule has 0 bridgehead atoms. The standard InChI is InChI=1S/C14H10O/c15-14-9-3-1-2-6-12-7-4-5-8-13(12)10-11-14/h4-5,7-8H,1,3,9H2. The Hall–Kier alpha value is -1.99. The summed E-state index contributed by atoms with van der Waals surface area (Å²) >= 11 is 0. The van der Waals surface area contributed by atoms with E-state index in [1.165, 1.54) is 0 Å². The predicted octanol–water partition coefficient (Wildman–Crippen LogP) is 2.14. The minimum absolute atomic E-state index is 0.00787. The molecule has 0 amide bonds. The fraction of sp³-hybridized carbons (Fsp3) is 0.214. The van der Waals surface area contributed by atoms with Crippen LogP contribution in [0.1, 0.15) is 30.4 Å². The zero-order valence-corrected chi connectivity index (χ0v) is 8.34. The van der Waals surface area contributed by atoms with Crippen LogP contribution < -0.4 is 0 Å². The number of rotatable bonds is 0. The molecule has 0 spiro atoms. The third kappa shape index (κ3) is 2.48. The van der Waals surface area contributed by atoms with Crippen LogP contribution in [-0.4, -0.2) is 5.78 Å². The van der Waals surface area contributed by atoms with Crippen molar-refractivity contribution in [3.8, 4) is 23.7 Å². The van der Waals surface area contributed by atoms with E-state index in [0.717, 1.165) is 24.0 Å². The molecule has 0 radical (unpaired) electrons. The number of hydrogen-bond acceptors (Lipinski definition) is 1. The van der Waals surface area contributed by atoms with Crippen molar-refractivity contribution in [1.82, 2.24) is 0 Å². The molecular weight excluding hydrogens is 184 g/mol. The highest BCUT2D eigenvalue weighted by molar-refractivity contribution is 5.96. The maximum Gasteiger partial charge on any atom is 0.205 e. The predicted molar refractivity (Wildman–Crippen MR) is 59.1 cm³/mol. The number of carbonyl (C=O) groups is 1. The molecule has 1 aromatic rings. The van der Waals surface area contributed by atoms with E-state index in [9.17, 15) is 4.79 Å². The van der Waals surface area contributed by atoms with Crippen LogP contribution in [0.5, 0.6) is 0 Å². The highest BCUT2D eigenvalue weighted by Crippen LogP contribution is 2.07. The zero-order valence-electron chi connectivity index (χ0n) is 8.34. The van der Waals surface area contributed by atoms with Crippen molar-refractivity contribution in [2.45, 2.75) is 19.3 Å². The van der Waals surface area contributed by atoms with Gasteiger partial charge in [0.25, 0.3) is 0 Å². The van der Waals surface area contributed by atoms with E-state index in [2.05, 4.69) is 23.7 Å². The van der Waals surface area contributed by atoms with Gasteiger partial charge in [-0.05, 0) is 24.5 Å². The van der Waals surface area contributed by atoms with Crippen LogP contribution in [0.15, 0.2) is 24.3 Å². The van der Waals surface area contributed by atoms with Crippen LogP contribution in [0.2, 0.25) is 0 Å². The molecule has 1 nitrogen and oxygen atoms in total. The summed E-state index contributed by atoms with van der Waals surface area (Å²) in [6.07, 6.45) is 2.09. The van der Waals surface area contributed by atoms with Crippen LogP contribution in [-0.2, 0) is 4.79 Å². The van der Waals surface area contributed by atoms with Crippen molar-refractivity contribution in [2.24, 2.45) is 0 Å². The molecule has 15 heavy (non-hydrogen) atoms. The van der Waals surface area contributed by atoms with Crippen LogP contribution in [0.3, 0.4) is 0 Å². The largest absolute Gasteiger partial charge is 0.285 e. The number of ketones is 1. The van der Waals surface area contributed by atoms with Crippen LogP contribution >= 0.6 is 0 Å². The highest BCUT2D eigenvalue weighted by atomic mass is 16.1. The summed E-state index contributed by atoms with van der Waals surface area (Å²) in [5, 5.41) is 0. The van der Waals surface area contributed by atoms with Gasteiger partial charge < -0.3 is 0 Å². The lowest BCUT2D eigenvalue weighted by Crippen LogP contribution is -1.94. The Bertz CT molecular complexity index is 503. The van der Waals surface area contributed by atoms with Crippen molar-refractivity contribution in [2.75, 3.05) is 0 Å². The first-order valence-corrected chi connectivity index (χ1v) is 4.99. The topological polar surface area (TPSA) is 17.1 Å². The molecule has 72 valence electrons. The zero-order chi connectivity index (χ0) is 10.5. The number of Topliss-reactive ketones (excluding diaryl/α,β-unsaturated/α-hetero) is 1. The molecular formula is C14H10O. The van der Waals surface area contributed by atoms with Crippen molar-refractivity contribution in [3.05, 3.63) is 35.4 Å². The van der Waals surface area contributed by atoms with Gasteiger partial charge in [0.2, 0.25) is 5.78 Å². The molecule has 1 heteroatoms. The summed E-state index contributed by atoms with van der Waals surface area (Å²) in [5.74, 6) is 11.7. The van der Waals surface area contributed by atoms with Gasteiger partial charge in [-0.3, -0.25) is 4.79 Å². The Kier molecular flexibility index (Phi) is 2.86. The van der Waals surface area contributed by atoms with E-state index in [-0.39, 0.29) is 5.78 Å². The number of fused-ring (bicyclic) bond motifs is 1. The lowest BCUT2D eigenvalue weighted by molar-refractivity contribution is -0.113. The minimum Gasteiger partial charge on any atom is -0.285 e. The van der Waals surface area contributed by atoms with Gasteiger partial charge in [-0.25, -0.2) is 0 Å².